The molecule has 3 unspecified atom stereocenters. The zero-order valence-electron chi connectivity index (χ0n) is 14.4. The number of aliphatic carboxylic acids is 1. The van der Waals surface area contributed by atoms with Crippen LogP contribution in [0.5, 0.6) is 0 Å². The highest BCUT2D eigenvalue weighted by Gasteiger charge is 2.47. The van der Waals surface area contributed by atoms with Gasteiger partial charge < -0.3 is 15.3 Å². The maximum Gasteiger partial charge on any atom is 0.325 e. The van der Waals surface area contributed by atoms with Crippen molar-refractivity contribution < 1.29 is 19.5 Å². The topological polar surface area (TPSA) is 86.7 Å². The van der Waals surface area contributed by atoms with Crippen LogP contribution in [0.2, 0.25) is 0 Å². The molecule has 134 valence electrons. The summed E-state index contributed by atoms with van der Waals surface area (Å²) in [7, 11) is 0. The number of benzene rings is 1. The van der Waals surface area contributed by atoms with Crippen molar-refractivity contribution in [3.05, 3.63) is 35.9 Å². The van der Waals surface area contributed by atoms with Gasteiger partial charge in [-0.1, -0.05) is 31.0 Å². The van der Waals surface area contributed by atoms with Gasteiger partial charge in [0.2, 0.25) is 5.91 Å². The van der Waals surface area contributed by atoms with E-state index in [4.69, 9.17) is 5.11 Å². The molecule has 1 aliphatic carbocycles. The van der Waals surface area contributed by atoms with E-state index in [-0.39, 0.29) is 17.9 Å². The van der Waals surface area contributed by atoms with Crippen LogP contribution in [-0.4, -0.2) is 45.9 Å². The lowest BCUT2D eigenvalue weighted by molar-refractivity contribution is -0.141. The predicted octanol–water partition coefficient (Wildman–Crippen LogP) is 2.05. The van der Waals surface area contributed by atoms with E-state index in [1.54, 1.807) is 17.0 Å². The number of fused-ring (bicyclic) bond motifs is 1. The van der Waals surface area contributed by atoms with Gasteiger partial charge in [-0.05, 0) is 44.2 Å². The smallest absolute Gasteiger partial charge is 0.325 e. The van der Waals surface area contributed by atoms with Gasteiger partial charge >= 0.3 is 5.97 Å². The first-order chi connectivity index (χ1) is 12.0. The minimum atomic E-state index is -1.08. The molecule has 1 aromatic rings. The third-order valence-electron chi connectivity index (χ3n) is 5.38. The number of likely N-dealkylation sites (tertiary alicyclic amines) is 1. The summed E-state index contributed by atoms with van der Waals surface area (Å²) < 4.78 is 0. The van der Waals surface area contributed by atoms with E-state index in [0.717, 1.165) is 25.7 Å². The van der Waals surface area contributed by atoms with Crippen LogP contribution in [0.25, 0.3) is 0 Å². The van der Waals surface area contributed by atoms with E-state index in [1.807, 2.05) is 18.2 Å². The van der Waals surface area contributed by atoms with E-state index in [1.165, 1.54) is 6.92 Å². The van der Waals surface area contributed by atoms with Crippen molar-refractivity contribution in [3.63, 3.8) is 0 Å². The second-order valence-corrected chi connectivity index (χ2v) is 7.01. The maximum absolute atomic E-state index is 13.1. The molecule has 2 amide bonds. The molecule has 1 heterocycles. The second kappa shape index (κ2) is 7.25. The Balaban J connectivity index is 1.85. The van der Waals surface area contributed by atoms with Crippen LogP contribution in [-0.2, 0) is 9.59 Å². The van der Waals surface area contributed by atoms with Crippen molar-refractivity contribution in [2.75, 3.05) is 0 Å². The number of carboxylic acid groups (broad SMARTS) is 1. The Kier molecular flexibility index (Phi) is 5.06. The Labute approximate surface area is 147 Å². The van der Waals surface area contributed by atoms with Gasteiger partial charge in [0.05, 0.1) is 0 Å². The number of amides is 2. The van der Waals surface area contributed by atoms with Gasteiger partial charge in [0.25, 0.3) is 5.91 Å². The lowest BCUT2D eigenvalue weighted by Crippen LogP contribution is -2.52. The summed E-state index contributed by atoms with van der Waals surface area (Å²) in [5.74, 6) is -1.27. The molecule has 1 aromatic carbocycles. The highest BCUT2D eigenvalue weighted by molar-refractivity contribution is 5.98. The van der Waals surface area contributed by atoms with Gasteiger partial charge in [0.1, 0.15) is 12.1 Å². The molecule has 2 aliphatic rings. The largest absolute Gasteiger partial charge is 0.480 e. The Bertz CT molecular complexity index is 661. The monoisotopic (exact) mass is 344 g/mol. The van der Waals surface area contributed by atoms with Crippen LogP contribution < -0.4 is 5.32 Å². The number of carboxylic acids is 1. The highest BCUT2D eigenvalue weighted by Crippen LogP contribution is 2.40. The quantitative estimate of drug-likeness (QED) is 0.875. The molecular formula is C19H24N2O4. The standard InChI is InChI=1S/C19H24N2O4/c1-12(19(24)25)20-17(22)16-11-14-9-5-6-10-15(14)21(16)18(23)13-7-3-2-4-8-13/h2-4,7-8,12,14-16H,5-6,9-11H2,1H3,(H,20,22)(H,24,25)/t12-,14?,15?,16?/m1/s1. The van der Waals surface area contributed by atoms with E-state index in [0.29, 0.717) is 17.9 Å². The Morgan fingerprint density at radius 1 is 1.16 bits per heavy atom. The van der Waals surface area contributed by atoms with Crippen molar-refractivity contribution in [3.8, 4) is 0 Å². The summed E-state index contributed by atoms with van der Waals surface area (Å²) in [6.07, 6.45) is 4.71. The Morgan fingerprint density at radius 2 is 1.84 bits per heavy atom. The minimum Gasteiger partial charge on any atom is -0.480 e. The summed E-state index contributed by atoms with van der Waals surface area (Å²) in [6, 6.07) is 7.49. The Hall–Kier alpha value is -2.37. The number of hydrogen-bond donors (Lipinski definition) is 2. The molecule has 2 N–H and O–H groups in total. The van der Waals surface area contributed by atoms with E-state index < -0.39 is 18.1 Å². The average Bonchev–Trinajstić information content (AvgIpc) is 3.01. The van der Waals surface area contributed by atoms with Gasteiger partial charge in [-0.25, -0.2) is 0 Å². The average molecular weight is 344 g/mol. The van der Waals surface area contributed by atoms with E-state index in [2.05, 4.69) is 5.32 Å². The number of nitrogens with zero attached hydrogens (tertiary/aromatic N) is 1. The fourth-order valence-electron chi connectivity index (χ4n) is 4.09. The lowest BCUT2D eigenvalue weighted by atomic mass is 9.84. The van der Waals surface area contributed by atoms with Crippen LogP contribution in [0, 0.1) is 5.92 Å². The molecule has 2 fully saturated rings. The molecule has 4 atom stereocenters. The van der Waals surface area contributed by atoms with Crippen molar-refractivity contribution in [1.82, 2.24) is 10.2 Å². The second-order valence-electron chi connectivity index (χ2n) is 7.01. The Morgan fingerprint density at radius 3 is 2.52 bits per heavy atom. The summed E-state index contributed by atoms with van der Waals surface area (Å²) in [4.78, 5) is 38.5. The van der Waals surface area contributed by atoms with E-state index in [9.17, 15) is 14.4 Å². The molecule has 0 aromatic heterocycles. The third-order valence-corrected chi connectivity index (χ3v) is 5.38. The number of rotatable bonds is 4. The molecular weight excluding hydrogens is 320 g/mol. The molecule has 25 heavy (non-hydrogen) atoms. The van der Waals surface area contributed by atoms with Gasteiger partial charge in [0.15, 0.2) is 0 Å². The van der Waals surface area contributed by atoms with Crippen molar-refractivity contribution in [2.45, 2.75) is 57.2 Å². The zero-order valence-corrected chi connectivity index (χ0v) is 14.4. The molecule has 1 saturated heterocycles. The van der Waals surface area contributed by atoms with Gasteiger partial charge in [-0.3, -0.25) is 14.4 Å². The zero-order chi connectivity index (χ0) is 18.0. The number of hydrogen-bond acceptors (Lipinski definition) is 3. The summed E-state index contributed by atoms with van der Waals surface area (Å²) in [5.41, 5.74) is 0.567. The number of carbonyl (C=O) groups excluding carboxylic acids is 2. The molecule has 0 bridgehead atoms. The van der Waals surface area contributed by atoms with Crippen LogP contribution in [0.1, 0.15) is 49.4 Å². The molecule has 0 radical (unpaired) electrons. The normalized spacial score (nSPS) is 26.6. The van der Waals surface area contributed by atoms with Gasteiger partial charge in [-0.2, -0.15) is 0 Å². The number of nitrogens with one attached hydrogen (secondary N) is 1. The van der Waals surface area contributed by atoms with Crippen LogP contribution in [0.15, 0.2) is 30.3 Å². The van der Waals surface area contributed by atoms with Crippen LogP contribution >= 0.6 is 0 Å². The number of carbonyl (C=O) groups is 3. The lowest BCUT2D eigenvalue weighted by Gasteiger charge is -2.33. The van der Waals surface area contributed by atoms with Gasteiger partial charge in [0, 0.05) is 11.6 Å². The maximum atomic E-state index is 13.1. The van der Waals surface area contributed by atoms with E-state index >= 15 is 0 Å². The van der Waals surface area contributed by atoms with Gasteiger partial charge in [-0.15, -0.1) is 0 Å². The predicted molar refractivity (Wildman–Crippen MR) is 92.0 cm³/mol. The highest BCUT2D eigenvalue weighted by atomic mass is 16.4. The minimum absolute atomic E-state index is 0.0670. The van der Waals surface area contributed by atoms with Crippen molar-refractivity contribution in [2.24, 2.45) is 5.92 Å². The molecule has 1 saturated carbocycles. The first-order valence-electron chi connectivity index (χ1n) is 8.90. The summed E-state index contributed by atoms with van der Waals surface area (Å²) in [5, 5.41) is 11.6. The third kappa shape index (κ3) is 3.52. The molecule has 1 aliphatic heterocycles. The summed E-state index contributed by atoms with van der Waals surface area (Å²) >= 11 is 0. The molecule has 0 spiro atoms. The van der Waals surface area contributed by atoms with Crippen LogP contribution in [0.4, 0.5) is 0 Å². The van der Waals surface area contributed by atoms with Crippen molar-refractivity contribution >= 4 is 17.8 Å². The first kappa shape index (κ1) is 17.5. The SMILES string of the molecule is C[C@@H](NC(=O)C1CC2CCCCC2N1C(=O)c1ccccc1)C(=O)O. The van der Waals surface area contributed by atoms with Crippen molar-refractivity contribution in [1.29, 1.82) is 0 Å². The first-order valence-corrected chi connectivity index (χ1v) is 8.90. The molecule has 6 nitrogen and oxygen atoms in total. The molecule has 6 heteroatoms. The van der Waals surface area contributed by atoms with Crippen LogP contribution in [0.3, 0.4) is 0 Å². The fourth-order valence-corrected chi connectivity index (χ4v) is 4.09. The summed E-state index contributed by atoms with van der Waals surface area (Å²) in [6.45, 7) is 1.44. The molecule has 3 rings (SSSR count). The fraction of sp³-hybridized carbons (Fsp3) is 0.526.